The third kappa shape index (κ3) is 6.75. The van der Waals surface area contributed by atoms with Crippen molar-refractivity contribution in [2.75, 3.05) is 41.2 Å². The van der Waals surface area contributed by atoms with Gasteiger partial charge in [-0.15, -0.1) is 0 Å². The summed E-state index contributed by atoms with van der Waals surface area (Å²) in [6.07, 6.45) is 1.08. The van der Waals surface area contributed by atoms with E-state index >= 15 is 0 Å². The van der Waals surface area contributed by atoms with Gasteiger partial charge in [-0.05, 0) is 35.4 Å². The van der Waals surface area contributed by atoms with Crippen LogP contribution in [0, 0.1) is 0 Å². The van der Waals surface area contributed by atoms with Gasteiger partial charge in [0.15, 0.2) is 11.5 Å². The summed E-state index contributed by atoms with van der Waals surface area (Å²) in [4.78, 5) is 14.2. The largest absolute Gasteiger partial charge is 0.493 e. The molecular formula is C21H27ClN2O6S. The molecule has 0 aliphatic carbocycles. The Balaban J connectivity index is 2.16. The highest BCUT2D eigenvalue weighted by Gasteiger charge is 2.23. The summed E-state index contributed by atoms with van der Waals surface area (Å²) in [5, 5.41) is 0.552. The number of amides is 1. The molecular weight excluding hydrogens is 444 g/mol. The van der Waals surface area contributed by atoms with Gasteiger partial charge in [0, 0.05) is 25.2 Å². The van der Waals surface area contributed by atoms with Crippen molar-refractivity contribution in [2.45, 2.75) is 13.1 Å². The number of methoxy groups -OCH3 is 3. The van der Waals surface area contributed by atoms with Crippen LogP contribution in [0.4, 0.5) is 0 Å². The standard InChI is InChI=1S/C21H27ClN2O6S/c1-23(12-16-10-18(28-2)21(30-4)19(11-16)29-3)20(25)14-24(31(5,26)27)13-15-6-8-17(22)9-7-15/h6-11H,12-14H2,1-5H3. The average Bonchev–Trinajstić information content (AvgIpc) is 2.73. The van der Waals surface area contributed by atoms with E-state index in [1.54, 1.807) is 43.4 Å². The molecule has 0 heterocycles. The molecule has 0 aromatic heterocycles. The Morgan fingerprint density at radius 3 is 1.94 bits per heavy atom. The molecule has 0 aliphatic rings. The van der Waals surface area contributed by atoms with Gasteiger partial charge in [0.2, 0.25) is 21.7 Å². The van der Waals surface area contributed by atoms with Gasteiger partial charge in [-0.3, -0.25) is 4.79 Å². The molecule has 0 aliphatic heterocycles. The van der Waals surface area contributed by atoms with E-state index in [1.165, 1.54) is 26.2 Å². The Bertz CT molecular complexity index is 986. The summed E-state index contributed by atoms with van der Waals surface area (Å²) in [5.41, 5.74) is 1.48. The maximum atomic E-state index is 12.8. The van der Waals surface area contributed by atoms with Crippen LogP contribution in [0.2, 0.25) is 5.02 Å². The summed E-state index contributed by atoms with van der Waals surface area (Å²) in [7, 11) is 2.53. The summed E-state index contributed by atoms with van der Waals surface area (Å²) in [5.74, 6) is 1.04. The predicted molar refractivity (Wildman–Crippen MR) is 119 cm³/mol. The number of carbonyl (C=O) groups is 1. The molecule has 0 unspecified atom stereocenters. The lowest BCUT2D eigenvalue weighted by atomic mass is 10.1. The van der Waals surface area contributed by atoms with Gasteiger partial charge in [-0.2, -0.15) is 4.31 Å². The van der Waals surface area contributed by atoms with Crippen LogP contribution >= 0.6 is 11.6 Å². The quantitative estimate of drug-likeness (QED) is 0.530. The minimum Gasteiger partial charge on any atom is -0.493 e. The van der Waals surface area contributed by atoms with Gasteiger partial charge >= 0.3 is 0 Å². The average molecular weight is 471 g/mol. The number of halogens is 1. The molecule has 31 heavy (non-hydrogen) atoms. The maximum Gasteiger partial charge on any atom is 0.237 e. The van der Waals surface area contributed by atoms with Crippen LogP contribution in [0.5, 0.6) is 17.2 Å². The summed E-state index contributed by atoms with van der Waals surface area (Å²) >= 11 is 5.88. The number of benzene rings is 2. The maximum absolute atomic E-state index is 12.8. The number of hydrogen-bond acceptors (Lipinski definition) is 6. The van der Waals surface area contributed by atoms with E-state index in [-0.39, 0.29) is 25.5 Å². The van der Waals surface area contributed by atoms with E-state index in [2.05, 4.69) is 0 Å². The highest BCUT2D eigenvalue weighted by atomic mass is 35.5. The molecule has 0 fully saturated rings. The highest BCUT2D eigenvalue weighted by molar-refractivity contribution is 7.88. The van der Waals surface area contributed by atoms with Crippen LogP contribution < -0.4 is 14.2 Å². The molecule has 2 aromatic carbocycles. The molecule has 0 atom stereocenters. The van der Waals surface area contributed by atoms with Crippen molar-refractivity contribution in [3.05, 3.63) is 52.5 Å². The van der Waals surface area contributed by atoms with Crippen LogP contribution in [0.1, 0.15) is 11.1 Å². The second-order valence-electron chi connectivity index (χ2n) is 6.94. The smallest absolute Gasteiger partial charge is 0.237 e. The Morgan fingerprint density at radius 1 is 0.935 bits per heavy atom. The zero-order chi connectivity index (χ0) is 23.2. The zero-order valence-electron chi connectivity index (χ0n) is 18.2. The zero-order valence-corrected chi connectivity index (χ0v) is 19.8. The van der Waals surface area contributed by atoms with Crippen LogP contribution in [0.25, 0.3) is 0 Å². The minimum atomic E-state index is -3.61. The molecule has 1 amide bonds. The fourth-order valence-corrected chi connectivity index (χ4v) is 3.80. The van der Waals surface area contributed by atoms with Crippen molar-refractivity contribution in [1.82, 2.24) is 9.21 Å². The van der Waals surface area contributed by atoms with Gasteiger partial charge in [-0.25, -0.2) is 8.42 Å². The number of ether oxygens (including phenoxy) is 3. The van der Waals surface area contributed by atoms with Crippen LogP contribution in [-0.4, -0.2) is 64.7 Å². The van der Waals surface area contributed by atoms with E-state index in [9.17, 15) is 13.2 Å². The fraction of sp³-hybridized carbons (Fsp3) is 0.381. The molecule has 0 saturated carbocycles. The van der Waals surface area contributed by atoms with E-state index in [0.717, 1.165) is 21.7 Å². The van der Waals surface area contributed by atoms with Crippen molar-refractivity contribution in [2.24, 2.45) is 0 Å². The molecule has 8 nitrogen and oxygen atoms in total. The molecule has 2 rings (SSSR count). The Hall–Kier alpha value is -2.49. The lowest BCUT2D eigenvalue weighted by molar-refractivity contribution is -0.130. The third-order valence-corrected chi connectivity index (χ3v) is 6.07. The van der Waals surface area contributed by atoms with Gasteiger partial charge in [-0.1, -0.05) is 23.7 Å². The van der Waals surface area contributed by atoms with Gasteiger partial charge in [0.25, 0.3) is 0 Å². The van der Waals surface area contributed by atoms with Crippen LogP contribution in [-0.2, 0) is 27.9 Å². The lowest BCUT2D eigenvalue weighted by Crippen LogP contribution is -2.40. The monoisotopic (exact) mass is 470 g/mol. The third-order valence-electron chi connectivity index (χ3n) is 4.62. The van der Waals surface area contributed by atoms with E-state index in [1.807, 2.05) is 0 Å². The summed E-state index contributed by atoms with van der Waals surface area (Å²) in [6, 6.07) is 10.3. The first-order chi connectivity index (χ1) is 14.6. The van der Waals surface area contributed by atoms with Gasteiger partial charge in [0.05, 0.1) is 34.1 Å². The van der Waals surface area contributed by atoms with Crippen LogP contribution in [0.15, 0.2) is 36.4 Å². The number of hydrogen-bond donors (Lipinski definition) is 0. The van der Waals surface area contributed by atoms with Crippen molar-refractivity contribution in [3.8, 4) is 17.2 Å². The number of nitrogens with zero attached hydrogens (tertiary/aromatic N) is 2. The van der Waals surface area contributed by atoms with Gasteiger partial charge in [0.1, 0.15) is 0 Å². The minimum absolute atomic E-state index is 0.0692. The molecule has 170 valence electrons. The SMILES string of the molecule is COc1cc(CN(C)C(=O)CN(Cc2ccc(Cl)cc2)S(C)(=O)=O)cc(OC)c1OC. The van der Waals surface area contributed by atoms with Crippen molar-refractivity contribution in [1.29, 1.82) is 0 Å². The summed E-state index contributed by atoms with van der Waals surface area (Å²) < 4.78 is 41.6. The number of carbonyl (C=O) groups excluding carboxylic acids is 1. The molecule has 10 heteroatoms. The number of sulfonamides is 1. The Kier molecular flexibility index (Phi) is 8.55. The number of likely N-dealkylation sites (N-methyl/N-ethyl adjacent to an activating group) is 1. The van der Waals surface area contributed by atoms with E-state index in [4.69, 9.17) is 25.8 Å². The molecule has 0 spiro atoms. The van der Waals surface area contributed by atoms with Crippen molar-refractivity contribution in [3.63, 3.8) is 0 Å². The second kappa shape index (κ2) is 10.7. The lowest BCUT2D eigenvalue weighted by Gasteiger charge is -2.24. The molecule has 0 radical (unpaired) electrons. The first-order valence-electron chi connectivity index (χ1n) is 9.31. The first kappa shape index (κ1) is 24.8. The fourth-order valence-electron chi connectivity index (χ4n) is 2.94. The molecule has 0 N–H and O–H groups in total. The van der Waals surface area contributed by atoms with E-state index in [0.29, 0.717) is 22.3 Å². The topological polar surface area (TPSA) is 85.4 Å². The molecule has 0 bridgehead atoms. The van der Waals surface area contributed by atoms with Crippen LogP contribution in [0.3, 0.4) is 0 Å². The summed E-state index contributed by atoms with van der Waals surface area (Å²) in [6.45, 7) is 0.0102. The Morgan fingerprint density at radius 2 is 1.48 bits per heavy atom. The Labute approximate surface area is 188 Å². The second-order valence-corrected chi connectivity index (χ2v) is 9.36. The van der Waals surface area contributed by atoms with E-state index < -0.39 is 10.0 Å². The first-order valence-corrected chi connectivity index (χ1v) is 11.5. The highest BCUT2D eigenvalue weighted by Crippen LogP contribution is 2.38. The predicted octanol–water partition coefficient (Wildman–Crippen LogP) is 2.79. The van der Waals surface area contributed by atoms with Gasteiger partial charge < -0.3 is 19.1 Å². The molecule has 2 aromatic rings. The van der Waals surface area contributed by atoms with Crippen molar-refractivity contribution >= 4 is 27.5 Å². The number of rotatable bonds is 10. The normalized spacial score (nSPS) is 11.3. The van der Waals surface area contributed by atoms with Crippen molar-refractivity contribution < 1.29 is 27.4 Å². The molecule has 0 saturated heterocycles.